The van der Waals surface area contributed by atoms with Crippen LogP contribution >= 0.6 is 0 Å². The number of amides is 1. The molecule has 2 heterocycles. The van der Waals surface area contributed by atoms with Gasteiger partial charge in [-0.1, -0.05) is 66.7 Å². The van der Waals surface area contributed by atoms with Crippen LogP contribution < -0.4 is 10.5 Å². The molecule has 0 N–H and O–H groups in total. The van der Waals surface area contributed by atoms with E-state index in [0.717, 1.165) is 18.7 Å². The summed E-state index contributed by atoms with van der Waals surface area (Å²) < 4.78 is 1.41. The Morgan fingerprint density at radius 2 is 1.34 bits per heavy atom. The smallest absolute Gasteiger partial charge is 0.275 e. The van der Waals surface area contributed by atoms with Crippen LogP contribution in [0.15, 0.2) is 89.7 Å². The molecule has 6 heteroatoms. The second kappa shape index (κ2) is 8.67. The average Bonchev–Trinajstić information content (AvgIpc) is 2.87. The fourth-order valence-corrected chi connectivity index (χ4v) is 4.21. The van der Waals surface area contributed by atoms with Crippen molar-refractivity contribution in [3.8, 4) is 0 Å². The Morgan fingerprint density at radius 3 is 2.03 bits per heavy atom. The third-order valence-corrected chi connectivity index (χ3v) is 5.93. The van der Waals surface area contributed by atoms with E-state index in [2.05, 4.69) is 22.1 Å². The summed E-state index contributed by atoms with van der Waals surface area (Å²) in [4.78, 5) is 30.7. The third kappa shape index (κ3) is 3.87. The predicted molar refractivity (Wildman–Crippen MR) is 126 cm³/mol. The van der Waals surface area contributed by atoms with E-state index in [1.165, 1.54) is 10.4 Å². The van der Waals surface area contributed by atoms with Crippen LogP contribution in [0.25, 0.3) is 10.8 Å². The van der Waals surface area contributed by atoms with Gasteiger partial charge in [-0.25, -0.2) is 4.68 Å². The third-order valence-electron chi connectivity index (χ3n) is 5.93. The summed E-state index contributed by atoms with van der Waals surface area (Å²) in [6.07, 6.45) is 0. The molecule has 0 unspecified atom stereocenters. The molecule has 0 bridgehead atoms. The van der Waals surface area contributed by atoms with Crippen molar-refractivity contribution in [1.29, 1.82) is 0 Å². The predicted octanol–water partition coefficient (Wildman–Crippen LogP) is 3.41. The highest BCUT2D eigenvalue weighted by Crippen LogP contribution is 2.19. The first-order valence-electron chi connectivity index (χ1n) is 10.8. The molecule has 0 radical (unpaired) electrons. The van der Waals surface area contributed by atoms with Crippen LogP contribution in [0.3, 0.4) is 0 Å². The minimum Gasteiger partial charge on any atom is -0.368 e. The first kappa shape index (κ1) is 20.0. The summed E-state index contributed by atoms with van der Waals surface area (Å²) in [6.45, 7) is 3.07. The molecule has 4 aromatic rings. The number of carbonyl (C=O) groups excluding carboxylic acids is 1. The van der Waals surface area contributed by atoms with Gasteiger partial charge >= 0.3 is 0 Å². The lowest BCUT2D eigenvalue weighted by Crippen LogP contribution is -2.49. The van der Waals surface area contributed by atoms with Crippen LogP contribution in [0.2, 0.25) is 0 Å². The van der Waals surface area contributed by atoms with Crippen molar-refractivity contribution in [2.45, 2.75) is 6.54 Å². The van der Waals surface area contributed by atoms with Crippen molar-refractivity contribution in [2.75, 3.05) is 31.1 Å². The highest BCUT2D eigenvalue weighted by Gasteiger charge is 2.26. The Morgan fingerprint density at radius 1 is 0.750 bits per heavy atom. The van der Waals surface area contributed by atoms with Crippen LogP contribution in [0.4, 0.5) is 5.69 Å². The quantitative estimate of drug-likeness (QED) is 0.504. The molecule has 6 nitrogen and oxygen atoms in total. The summed E-state index contributed by atoms with van der Waals surface area (Å²) in [7, 11) is 0. The van der Waals surface area contributed by atoms with Crippen LogP contribution in [-0.4, -0.2) is 46.8 Å². The largest absolute Gasteiger partial charge is 0.368 e. The monoisotopic (exact) mass is 424 g/mol. The van der Waals surface area contributed by atoms with Crippen LogP contribution in [0.5, 0.6) is 0 Å². The molecule has 1 aliphatic heterocycles. The number of hydrogen-bond donors (Lipinski definition) is 0. The highest BCUT2D eigenvalue weighted by molar-refractivity contribution is 6.04. The summed E-state index contributed by atoms with van der Waals surface area (Å²) in [5, 5.41) is 5.67. The number of hydrogen-bond acceptors (Lipinski definition) is 4. The van der Waals surface area contributed by atoms with Gasteiger partial charge in [0.15, 0.2) is 5.69 Å². The molecular formula is C26H24N4O2. The van der Waals surface area contributed by atoms with E-state index in [4.69, 9.17) is 0 Å². The first-order valence-corrected chi connectivity index (χ1v) is 10.8. The zero-order valence-corrected chi connectivity index (χ0v) is 17.7. The molecule has 3 aromatic carbocycles. The van der Waals surface area contributed by atoms with Crippen molar-refractivity contribution in [2.24, 2.45) is 0 Å². The van der Waals surface area contributed by atoms with Gasteiger partial charge in [0.25, 0.3) is 11.5 Å². The number of para-hydroxylation sites is 1. The normalized spacial score (nSPS) is 14.0. The van der Waals surface area contributed by atoms with E-state index in [1.807, 2.05) is 71.6 Å². The maximum absolute atomic E-state index is 13.5. The summed E-state index contributed by atoms with van der Waals surface area (Å²) in [5.74, 6) is -0.129. The maximum Gasteiger partial charge on any atom is 0.275 e. The number of benzene rings is 3. The minimum absolute atomic E-state index is 0.129. The number of piperazine rings is 1. The van der Waals surface area contributed by atoms with Gasteiger partial charge in [0.2, 0.25) is 0 Å². The number of aromatic nitrogens is 2. The summed E-state index contributed by atoms with van der Waals surface area (Å²) in [5.41, 5.74) is 2.28. The first-order chi connectivity index (χ1) is 15.7. The highest BCUT2D eigenvalue weighted by atomic mass is 16.2. The lowest BCUT2D eigenvalue weighted by atomic mass is 10.1. The topological polar surface area (TPSA) is 58.4 Å². The molecule has 0 saturated carbocycles. The zero-order valence-electron chi connectivity index (χ0n) is 17.7. The summed E-state index contributed by atoms with van der Waals surface area (Å²) in [6, 6.07) is 27.2. The Bertz CT molecular complexity index is 1290. The standard InChI is InChI=1S/C26H24N4O2/c31-25-23-14-8-7-13-22(23)24(27-30(25)19-20-9-3-1-4-10-20)26(32)29-17-15-28(16-18-29)21-11-5-2-6-12-21/h1-14H,15-19H2. The Kier molecular flexibility index (Phi) is 5.42. The molecule has 1 amide bonds. The van der Waals surface area contributed by atoms with Crippen molar-refractivity contribution < 1.29 is 4.79 Å². The SMILES string of the molecule is O=C(c1nn(Cc2ccccc2)c(=O)c2ccccc12)N1CCN(c2ccccc2)CC1. The van der Waals surface area contributed by atoms with E-state index >= 15 is 0 Å². The minimum atomic E-state index is -0.185. The lowest BCUT2D eigenvalue weighted by molar-refractivity contribution is 0.0740. The number of carbonyl (C=O) groups is 1. The number of anilines is 1. The fraction of sp³-hybridized carbons (Fsp3) is 0.192. The number of nitrogens with zero attached hydrogens (tertiary/aromatic N) is 4. The number of rotatable bonds is 4. The average molecular weight is 425 g/mol. The fourth-order valence-electron chi connectivity index (χ4n) is 4.21. The van der Waals surface area contributed by atoms with Gasteiger partial charge in [0.05, 0.1) is 11.9 Å². The van der Waals surface area contributed by atoms with E-state index in [1.54, 1.807) is 6.07 Å². The van der Waals surface area contributed by atoms with E-state index < -0.39 is 0 Å². The molecule has 0 aliphatic carbocycles. The molecule has 5 rings (SSSR count). The molecule has 1 fully saturated rings. The maximum atomic E-state index is 13.5. The molecule has 32 heavy (non-hydrogen) atoms. The Hall–Kier alpha value is -3.93. The Labute approximate surface area is 186 Å². The van der Waals surface area contributed by atoms with Crippen molar-refractivity contribution in [3.05, 3.63) is 107 Å². The molecule has 1 aliphatic rings. The van der Waals surface area contributed by atoms with E-state index in [-0.39, 0.29) is 11.5 Å². The van der Waals surface area contributed by atoms with E-state index in [0.29, 0.717) is 36.1 Å². The Balaban J connectivity index is 1.45. The molecule has 1 aromatic heterocycles. The molecule has 0 atom stereocenters. The van der Waals surface area contributed by atoms with Gasteiger partial charge in [-0.15, -0.1) is 0 Å². The van der Waals surface area contributed by atoms with E-state index in [9.17, 15) is 9.59 Å². The van der Waals surface area contributed by atoms with Crippen molar-refractivity contribution in [3.63, 3.8) is 0 Å². The molecule has 1 saturated heterocycles. The molecule has 0 spiro atoms. The van der Waals surface area contributed by atoms with Gasteiger partial charge in [-0.2, -0.15) is 5.10 Å². The second-order valence-electron chi connectivity index (χ2n) is 7.96. The van der Waals surface area contributed by atoms with Crippen molar-refractivity contribution in [1.82, 2.24) is 14.7 Å². The van der Waals surface area contributed by atoms with Crippen LogP contribution in [0.1, 0.15) is 16.1 Å². The van der Waals surface area contributed by atoms with Gasteiger partial charge in [-0.3, -0.25) is 9.59 Å². The zero-order chi connectivity index (χ0) is 21.9. The van der Waals surface area contributed by atoms with Crippen LogP contribution in [-0.2, 0) is 6.54 Å². The molecule has 160 valence electrons. The van der Waals surface area contributed by atoms with Gasteiger partial charge in [-0.05, 0) is 23.8 Å². The van der Waals surface area contributed by atoms with Gasteiger partial charge < -0.3 is 9.80 Å². The van der Waals surface area contributed by atoms with Gasteiger partial charge in [0, 0.05) is 37.3 Å². The van der Waals surface area contributed by atoms with Crippen molar-refractivity contribution >= 4 is 22.4 Å². The van der Waals surface area contributed by atoms with Gasteiger partial charge in [0.1, 0.15) is 0 Å². The summed E-state index contributed by atoms with van der Waals surface area (Å²) >= 11 is 0. The van der Waals surface area contributed by atoms with Crippen LogP contribution in [0, 0.1) is 0 Å². The molecular weight excluding hydrogens is 400 g/mol. The second-order valence-corrected chi connectivity index (χ2v) is 7.96. The number of fused-ring (bicyclic) bond motifs is 1. The lowest BCUT2D eigenvalue weighted by Gasteiger charge is -2.36.